The topological polar surface area (TPSA) is 75.4 Å². The maximum atomic E-state index is 11.9. The summed E-state index contributed by atoms with van der Waals surface area (Å²) in [5.41, 5.74) is 1.50. The van der Waals surface area contributed by atoms with E-state index in [-0.39, 0.29) is 18.3 Å². The highest BCUT2D eigenvalue weighted by molar-refractivity contribution is 5.92. The van der Waals surface area contributed by atoms with Crippen LogP contribution in [0.4, 0.5) is 0 Å². The fraction of sp³-hybridized carbons (Fsp3) is 0.231. The number of aromatic nitrogens is 1. The number of aliphatic hydroxyl groups excluding tert-OH is 1. The van der Waals surface area contributed by atoms with Crippen LogP contribution in [0.3, 0.4) is 0 Å². The van der Waals surface area contributed by atoms with Crippen molar-refractivity contribution in [1.82, 2.24) is 10.5 Å². The number of carbonyl (C=O) groups is 1. The quantitative estimate of drug-likeness (QED) is 0.856. The first-order chi connectivity index (χ1) is 8.72. The van der Waals surface area contributed by atoms with Crippen molar-refractivity contribution in [1.29, 1.82) is 0 Å². The van der Waals surface area contributed by atoms with Crippen LogP contribution in [0, 0.1) is 6.92 Å². The molecule has 1 unspecified atom stereocenters. The van der Waals surface area contributed by atoms with E-state index in [4.69, 9.17) is 4.52 Å². The Morgan fingerprint density at radius 1 is 1.44 bits per heavy atom. The molecule has 0 bridgehead atoms. The number of benzene rings is 1. The molecule has 1 aromatic carbocycles. The van der Waals surface area contributed by atoms with Crippen molar-refractivity contribution in [3.8, 4) is 0 Å². The van der Waals surface area contributed by atoms with E-state index in [9.17, 15) is 9.90 Å². The number of aliphatic hydroxyl groups is 1. The Labute approximate surface area is 104 Å². The van der Waals surface area contributed by atoms with Crippen molar-refractivity contribution < 1.29 is 14.4 Å². The zero-order valence-electron chi connectivity index (χ0n) is 9.96. The molecule has 2 aromatic rings. The standard InChI is InChI=1S/C13H14N2O3/c1-9-7-14-18-12(9)13(17)15-11(8-16)10-5-3-2-4-6-10/h2-7,11,16H,8H2,1H3,(H,15,17). The average molecular weight is 246 g/mol. The predicted octanol–water partition coefficient (Wildman–Crippen LogP) is 1.45. The zero-order valence-corrected chi connectivity index (χ0v) is 9.96. The highest BCUT2D eigenvalue weighted by atomic mass is 16.5. The van der Waals surface area contributed by atoms with Gasteiger partial charge in [-0.1, -0.05) is 35.5 Å². The molecule has 2 N–H and O–H groups in total. The van der Waals surface area contributed by atoms with E-state index >= 15 is 0 Å². The highest BCUT2D eigenvalue weighted by Gasteiger charge is 2.19. The lowest BCUT2D eigenvalue weighted by molar-refractivity contribution is 0.0878. The summed E-state index contributed by atoms with van der Waals surface area (Å²) in [6.07, 6.45) is 1.48. The third-order valence-electron chi connectivity index (χ3n) is 2.64. The molecule has 1 heterocycles. The maximum Gasteiger partial charge on any atom is 0.290 e. The van der Waals surface area contributed by atoms with Crippen LogP contribution in [0.25, 0.3) is 0 Å². The SMILES string of the molecule is Cc1cnoc1C(=O)NC(CO)c1ccccc1. The number of nitrogens with one attached hydrogen (secondary N) is 1. The van der Waals surface area contributed by atoms with Crippen LogP contribution in [0.5, 0.6) is 0 Å². The molecule has 0 aliphatic rings. The third-order valence-corrected chi connectivity index (χ3v) is 2.64. The van der Waals surface area contributed by atoms with Gasteiger partial charge in [-0.05, 0) is 12.5 Å². The lowest BCUT2D eigenvalue weighted by atomic mass is 10.1. The Bertz CT molecular complexity index is 522. The van der Waals surface area contributed by atoms with Crippen LogP contribution in [-0.2, 0) is 0 Å². The Hall–Kier alpha value is -2.14. The van der Waals surface area contributed by atoms with Crippen LogP contribution in [0.1, 0.15) is 27.7 Å². The Kier molecular flexibility index (Phi) is 3.74. The molecule has 0 saturated heterocycles. The van der Waals surface area contributed by atoms with Crippen LogP contribution >= 0.6 is 0 Å². The second-order valence-corrected chi connectivity index (χ2v) is 3.96. The second kappa shape index (κ2) is 5.46. The number of rotatable bonds is 4. The minimum Gasteiger partial charge on any atom is -0.394 e. The molecule has 5 nitrogen and oxygen atoms in total. The molecule has 0 fully saturated rings. The fourth-order valence-electron chi connectivity index (χ4n) is 1.65. The molecule has 94 valence electrons. The van der Waals surface area contributed by atoms with Crippen LogP contribution in [0.2, 0.25) is 0 Å². The number of nitrogens with zero attached hydrogens (tertiary/aromatic N) is 1. The van der Waals surface area contributed by atoms with Crippen molar-refractivity contribution in [3.63, 3.8) is 0 Å². The predicted molar refractivity (Wildman–Crippen MR) is 65.0 cm³/mol. The first-order valence-corrected chi connectivity index (χ1v) is 5.60. The summed E-state index contributed by atoms with van der Waals surface area (Å²) < 4.78 is 4.86. The summed E-state index contributed by atoms with van der Waals surface area (Å²) in [5.74, 6) is -0.211. The number of aryl methyl sites for hydroxylation is 1. The van der Waals surface area contributed by atoms with Crippen molar-refractivity contribution in [2.45, 2.75) is 13.0 Å². The van der Waals surface area contributed by atoms with E-state index in [1.54, 1.807) is 6.92 Å². The minimum absolute atomic E-state index is 0.171. The summed E-state index contributed by atoms with van der Waals surface area (Å²) in [4.78, 5) is 11.9. The minimum atomic E-state index is -0.455. The van der Waals surface area contributed by atoms with Gasteiger partial charge in [0.15, 0.2) is 0 Å². The normalized spacial score (nSPS) is 12.1. The average Bonchev–Trinajstić information content (AvgIpc) is 2.83. The fourth-order valence-corrected chi connectivity index (χ4v) is 1.65. The second-order valence-electron chi connectivity index (χ2n) is 3.96. The molecule has 0 aliphatic carbocycles. The van der Waals surface area contributed by atoms with E-state index in [1.807, 2.05) is 30.3 Å². The number of hydrogen-bond acceptors (Lipinski definition) is 4. The molecule has 1 aromatic heterocycles. The van der Waals surface area contributed by atoms with Gasteiger partial charge in [-0.25, -0.2) is 0 Å². The summed E-state index contributed by atoms with van der Waals surface area (Å²) >= 11 is 0. The zero-order chi connectivity index (χ0) is 13.0. The summed E-state index contributed by atoms with van der Waals surface area (Å²) in [6.45, 7) is 1.56. The van der Waals surface area contributed by atoms with Crippen LogP contribution in [0.15, 0.2) is 41.1 Å². The van der Waals surface area contributed by atoms with Gasteiger partial charge in [0.05, 0.1) is 18.8 Å². The van der Waals surface area contributed by atoms with Crippen molar-refractivity contribution >= 4 is 5.91 Å². The lowest BCUT2D eigenvalue weighted by Gasteiger charge is -2.15. The van der Waals surface area contributed by atoms with Gasteiger partial charge in [0.25, 0.3) is 5.91 Å². The number of carbonyl (C=O) groups excluding carboxylic acids is 1. The highest BCUT2D eigenvalue weighted by Crippen LogP contribution is 2.13. The first-order valence-electron chi connectivity index (χ1n) is 5.60. The molecule has 0 spiro atoms. The van der Waals surface area contributed by atoms with Crippen molar-refractivity contribution in [2.24, 2.45) is 0 Å². The van der Waals surface area contributed by atoms with Gasteiger partial charge in [0, 0.05) is 5.56 Å². The van der Waals surface area contributed by atoms with Crippen LogP contribution < -0.4 is 5.32 Å². The summed E-state index contributed by atoms with van der Waals surface area (Å²) in [6, 6.07) is 8.81. The van der Waals surface area contributed by atoms with E-state index in [0.29, 0.717) is 5.56 Å². The van der Waals surface area contributed by atoms with Gasteiger partial charge in [0.2, 0.25) is 5.76 Å². The van der Waals surface area contributed by atoms with E-state index in [2.05, 4.69) is 10.5 Å². The Balaban J connectivity index is 2.13. The van der Waals surface area contributed by atoms with Gasteiger partial charge in [-0.15, -0.1) is 0 Å². The molecule has 0 saturated carbocycles. The van der Waals surface area contributed by atoms with Gasteiger partial charge >= 0.3 is 0 Å². The summed E-state index contributed by atoms with van der Waals surface area (Å²) in [7, 11) is 0. The van der Waals surface area contributed by atoms with Gasteiger partial charge in [-0.2, -0.15) is 0 Å². The van der Waals surface area contributed by atoms with Crippen molar-refractivity contribution in [2.75, 3.05) is 6.61 Å². The summed E-state index contributed by atoms with van der Waals surface area (Å²) in [5, 5.41) is 15.6. The lowest BCUT2D eigenvalue weighted by Crippen LogP contribution is -2.30. The molecule has 5 heteroatoms. The van der Waals surface area contributed by atoms with Crippen molar-refractivity contribution in [3.05, 3.63) is 53.4 Å². The third kappa shape index (κ3) is 2.57. The van der Waals surface area contributed by atoms with E-state index in [1.165, 1.54) is 6.20 Å². The smallest absolute Gasteiger partial charge is 0.290 e. The molecule has 1 atom stereocenters. The Morgan fingerprint density at radius 3 is 2.72 bits per heavy atom. The first kappa shape index (κ1) is 12.3. The largest absolute Gasteiger partial charge is 0.394 e. The van der Waals surface area contributed by atoms with Gasteiger partial charge in [-0.3, -0.25) is 4.79 Å². The van der Waals surface area contributed by atoms with Gasteiger partial charge in [0.1, 0.15) is 0 Å². The van der Waals surface area contributed by atoms with Gasteiger partial charge < -0.3 is 14.9 Å². The van der Waals surface area contributed by atoms with Crippen LogP contribution in [-0.4, -0.2) is 22.8 Å². The molecule has 0 aliphatic heterocycles. The maximum absolute atomic E-state index is 11.9. The number of hydrogen-bond donors (Lipinski definition) is 2. The Morgan fingerprint density at radius 2 is 2.17 bits per heavy atom. The monoisotopic (exact) mass is 246 g/mol. The molecular formula is C13H14N2O3. The number of amides is 1. The molecule has 0 radical (unpaired) electrons. The molecule has 1 amide bonds. The molecule has 2 rings (SSSR count). The van der Waals surface area contributed by atoms with E-state index < -0.39 is 6.04 Å². The molecular weight excluding hydrogens is 232 g/mol. The molecule has 18 heavy (non-hydrogen) atoms. The van der Waals surface area contributed by atoms with E-state index in [0.717, 1.165) is 5.56 Å².